The van der Waals surface area contributed by atoms with Crippen LogP contribution in [-0.2, 0) is 24.4 Å². The number of fused-ring (bicyclic) bond motifs is 4. The highest BCUT2D eigenvalue weighted by molar-refractivity contribution is 5.88. The topological polar surface area (TPSA) is 84.0 Å². The van der Waals surface area contributed by atoms with Gasteiger partial charge in [-0.15, -0.1) is 0 Å². The van der Waals surface area contributed by atoms with Gasteiger partial charge in [0.05, 0.1) is 26.4 Å². The van der Waals surface area contributed by atoms with Crippen LogP contribution in [-0.4, -0.2) is 72.8 Å². The van der Waals surface area contributed by atoms with E-state index in [4.69, 9.17) is 14.2 Å². The Balaban J connectivity index is 1.51. The third-order valence-electron chi connectivity index (χ3n) is 6.97. The number of aromatic nitrogens is 1. The number of nitrogens with zero attached hydrogens (tertiary/aromatic N) is 1. The summed E-state index contributed by atoms with van der Waals surface area (Å²) >= 11 is 0. The van der Waals surface area contributed by atoms with Gasteiger partial charge in [-0.1, -0.05) is 18.2 Å². The van der Waals surface area contributed by atoms with Crippen molar-refractivity contribution in [2.75, 3.05) is 33.4 Å². The second-order valence-electron chi connectivity index (χ2n) is 8.47. The average molecular weight is 400 g/mol. The van der Waals surface area contributed by atoms with Crippen LogP contribution in [0.5, 0.6) is 0 Å². The first kappa shape index (κ1) is 19.1. The van der Waals surface area contributed by atoms with Crippen molar-refractivity contribution < 1.29 is 24.1 Å². The summed E-state index contributed by atoms with van der Waals surface area (Å²) in [5.41, 5.74) is 1.07. The standard InChI is InChI=1S/C22H28N2O5/c1-27-21(26)22(18-10-14-4-2-3-5-16(14)23-18)12-15-13-24(19(22)11-17(15)25)7-6-20-28-8-9-29-20/h2-5,10,15,17,19-20,23,25H,6-9,11-13H2,1H3/t15-,17+,19+,22-/m0/s1. The van der Waals surface area contributed by atoms with E-state index in [2.05, 4.69) is 16.0 Å². The molecule has 4 fully saturated rings. The lowest BCUT2D eigenvalue weighted by atomic mass is 9.59. The van der Waals surface area contributed by atoms with Crippen LogP contribution in [0.4, 0.5) is 0 Å². The lowest BCUT2D eigenvalue weighted by Gasteiger charge is -2.56. The Labute approximate surface area is 169 Å². The zero-order valence-corrected chi connectivity index (χ0v) is 16.7. The van der Waals surface area contributed by atoms with E-state index in [1.807, 2.05) is 24.3 Å². The maximum absolute atomic E-state index is 13.3. The smallest absolute Gasteiger partial charge is 0.319 e. The molecule has 6 rings (SSSR count). The number of aliphatic hydroxyl groups is 1. The van der Waals surface area contributed by atoms with Gasteiger partial charge in [-0.3, -0.25) is 9.69 Å². The molecule has 1 saturated carbocycles. The van der Waals surface area contributed by atoms with Crippen LogP contribution in [0.25, 0.3) is 10.9 Å². The number of para-hydroxylation sites is 1. The Morgan fingerprint density at radius 3 is 2.86 bits per heavy atom. The van der Waals surface area contributed by atoms with Crippen molar-refractivity contribution in [2.24, 2.45) is 5.92 Å². The van der Waals surface area contributed by atoms with Crippen molar-refractivity contribution in [2.45, 2.75) is 43.1 Å². The third kappa shape index (κ3) is 3.08. The Bertz CT molecular complexity index is 859. The fourth-order valence-corrected chi connectivity index (χ4v) is 5.59. The molecule has 7 heteroatoms. The number of ether oxygens (including phenoxy) is 3. The molecule has 3 saturated heterocycles. The summed E-state index contributed by atoms with van der Waals surface area (Å²) in [7, 11) is 1.45. The number of carbonyl (C=O) groups is 1. The van der Waals surface area contributed by atoms with E-state index in [9.17, 15) is 9.90 Å². The third-order valence-corrected chi connectivity index (χ3v) is 6.97. The highest BCUT2D eigenvalue weighted by Crippen LogP contribution is 2.50. The molecule has 156 valence electrons. The normalized spacial score (nSPS) is 32.8. The van der Waals surface area contributed by atoms with Crippen LogP contribution in [0, 0.1) is 5.92 Å². The molecule has 2 N–H and O–H groups in total. The van der Waals surface area contributed by atoms with Gasteiger partial charge in [-0.25, -0.2) is 0 Å². The molecule has 2 bridgehead atoms. The van der Waals surface area contributed by atoms with E-state index in [0.717, 1.165) is 36.1 Å². The number of rotatable bonds is 5. The Hall–Kier alpha value is -1.93. The van der Waals surface area contributed by atoms with Gasteiger partial charge in [0.15, 0.2) is 6.29 Å². The van der Waals surface area contributed by atoms with Gasteiger partial charge >= 0.3 is 5.97 Å². The first-order valence-corrected chi connectivity index (χ1v) is 10.4. The minimum Gasteiger partial charge on any atom is -0.468 e. The molecule has 4 heterocycles. The zero-order valence-electron chi connectivity index (χ0n) is 16.7. The zero-order chi connectivity index (χ0) is 20.0. The van der Waals surface area contributed by atoms with Gasteiger partial charge in [-0.05, 0) is 36.3 Å². The largest absolute Gasteiger partial charge is 0.468 e. The van der Waals surface area contributed by atoms with Gasteiger partial charge < -0.3 is 24.3 Å². The van der Waals surface area contributed by atoms with Gasteiger partial charge in [-0.2, -0.15) is 0 Å². The van der Waals surface area contributed by atoms with Crippen LogP contribution in [0.1, 0.15) is 25.0 Å². The summed E-state index contributed by atoms with van der Waals surface area (Å²) in [5.74, 6) is -0.208. The fraction of sp³-hybridized carbons (Fsp3) is 0.591. The van der Waals surface area contributed by atoms with Gasteiger partial charge in [0.1, 0.15) is 5.41 Å². The van der Waals surface area contributed by atoms with E-state index in [1.54, 1.807) is 0 Å². The van der Waals surface area contributed by atoms with Crippen molar-refractivity contribution in [3.8, 4) is 0 Å². The number of H-pyrrole nitrogens is 1. The Kier molecular flexibility index (Phi) is 4.86. The predicted molar refractivity (Wildman–Crippen MR) is 106 cm³/mol. The molecule has 1 aliphatic carbocycles. The number of hydrogen-bond acceptors (Lipinski definition) is 6. The van der Waals surface area contributed by atoms with E-state index < -0.39 is 11.5 Å². The first-order chi connectivity index (χ1) is 14.1. The molecule has 1 aromatic heterocycles. The number of methoxy groups -OCH3 is 1. The molecule has 29 heavy (non-hydrogen) atoms. The van der Waals surface area contributed by atoms with E-state index in [1.165, 1.54) is 7.11 Å². The summed E-state index contributed by atoms with van der Waals surface area (Å²) in [6, 6.07) is 9.98. The number of benzene rings is 1. The average Bonchev–Trinajstić information content (AvgIpc) is 3.41. The highest BCUT2D eigenvalue weighted by Gasteiger charge is 2.60. The lowest BCUT2D eigenvalue weighted by molar-refractivity contribution is -0.166. The first-order valence-electron chi connectivity index (χ1n) is 10.4. The van der Waals surface area contributed by atoms with Gasteiger partial charge in [0, 0.05) is 36.8 Å². The van der Waals surface area contributed by atoms with Crippen molar-refractivity contribution >= 4 is 16.9 Å². The van der Waals surface area contributed by atoms with Crippen LogP contribution in [0.2, 0.25) is 0 Å². The molecule has 1 aromatic carbocycles. The minimum atomic E-state index is -0.812. The second-order valence-corrected chi connectivity index (χ2v) is 8.47. The summed E-state index contributed by atoms with van der Waals surface area (Å²) in [5, 5.41) is 11.7. The number of carbonyl (C=O) groups excluding carboxylic acids is 1. The summed E-state index contributed by atoms with van der Waals surface area (Å²) in [4.78, 5) is 19.1. The fourth-order valence-electron chi connectivity index (χ4n) is 5.59. The van der Waals surface area contributed by atoms with Crippen LogP contribution < -0.4 is 0 Å². The lowest BCUT2D eigenvalue weighted by Crippen LogP contribution is -2.68. The predicted octanol–water partition coefficient (Wildman–Crippen LogP) is 1.80. The van der Waals surface area contributed by atoms with E-state index >= 15 is 0 Å². The Morgan fingerprint density at radius 1 is 1.34 bits per heavy atom. The van der Waals surface area contributed by atoms with E-state index in [-0.39, 0.29) is 24.2 Å². The molecule has 0 unspecified atom stereocenters. The van der Waals surface area contributed by atoms with E-state index in [0.29, 0.717) is 26.1 Å². The molecule has 0 radical (unpaired) electrons. The van der Waals surface area contributed by atoms with Gasteiger partial charge in [0.25, 0.3) is 0 Å². The van der Waals surface area contributed by atoms with Crippen LogP contribution >= 0.6 is 0 Å². The minimum absolute atomic E-state index is 0.0240. The maximum Gasteiger partial charge on any atom is 0.319 e. The highest BCUT2D eigenvalue weighted by atomic mass is 16.7. The number of nitrogens with one attached hydrogen (secondary N) is 1. The molecule has 0 spiro atoms. The van der Waals surface area contributed by atoms with Crippen molar-refractivity contribution in [1.29, 1.82) is 0 Å². The van der Waals surface area contributed by atoms with Crippen LogP contribution in [0.3, 0.4) is 0 Å². The SMILES string of the molecule is COC(=O)[C@]1(c2cc3ccccc3[nH]2)C[C@H]2CN(CCC3OCCO3)[C@@H]1C[C@H]2O. The summed E-state index contributed by atoms with van der Waals surface area (Å²) in [6.45, 7) is 2.81. The van der Waals surface area contributed by atoms with Crippen molar-refractivity contribution in [3.63, 3.8) is 0 Å². The molecule has 2 aromatic rings. The molecule has 7 nitrogen and oxygen atoms in total. The quantitative estimate of drug-likeness (QED) is 0.745. The summed E-state index contributed by atoms with van der Waals surface area (Å²) in [6.07, 6.45) is 1.33. The molecular formula is C22H28N2O5. The molecular weight excluding hydrogens is 372 g/mol. The molecule has 4 aliphatic rings. The molecule has 0 amide bonds. The Morgan fingerprint density at radius 2 is 2.14 bits per heavy atom. The van der Waals surface area contributed by atoms with Crippen molar-refractivity contribution in [3.05, 3.63) is 36.0 Å². The van der Waals surface area contributed by atoms with Gasteiger partial charge in [0.2, 0.25) is 0 Å². The van der Waals surface area contributed by atoms with Crippen molar-refractivity contribution in [1.82, 2.24) is 9.88 Å². The monoisotopic (exact) mass is 400 g/mol. The number of aromatic amines is 1. The number of esters is 1. The second kappa shape index (κ2) is 7.40. The maximum atomic E-state index is 13.3. The summed E-state index contributed by atoms with van der Waals surface area (Å²) < 4.78 is 16.5. The number of hydrogen-bond donors (Lipinski definition) is 2. The van der Waals surface area contributed by atoms with Crippen LogP contribution in [0.15, 0.2) is 30.3 Å². The number of aliphatic hydroxyl groups excluding tert-OH is 1. The molecule has 3 aliphatic heterocycles. The number of piperidine rings is 2. The molecule has 4 atom stereocenters.